The molecule has 33 heavy (non-hydrogen) atoms. The summed E-state index contributed by atoms with van der Waals surface area (Å²) in [7, 11) is 0. The normalized spacial score (nSPS) is 13.3. The molecule has 0 unspecified atom stereocenters. The first kappa shape index (κ1) is 22.6. The fraction of sp³-hybridized carbons (Fsp3) is 0.280. The summed E-state index contributed by atoms with van der Waals surface area (Å²) < 4.78 is 42.6. The minimum absolute atomic E-state index is 0.301. The first-order chi connectivity index (χ1) is 16.0. The Morgan fingerprint density at radius 3 is 2.48 bits per heavy atom. The highest BCUT2D eigenvalue weighted by atomic mass is 19.1. The Bertz CT molecular complexity index is 1240. The van der Waals surface area contributed by atoms with Gasteiger partial charge in [0.05, 0.1) is 23.4 Å². The van der Waals surface area contributed by atoms with Gasteiger partial charge in [-0.05, 0) is 73.2 Å². The minimum Gasteiger partial charge on any atom is -0.357 e. The molecule has 0 radical (unpaired) electrons. The number of carbonyl (C=O) groups excluding carboxylic acids is 1. The molecule has 172 valence electrons. The van der Waals surface area contributed by atoms with Gasteiger partial charge in [0.2, 0.25) is 6.41 Å². The van der Waals surface area contributed by atoms with E-state index in [2.05, 4.69) is 15.4 Å². The number of aromatic nitrogens is 3. The third-order valence-corrected chi connectivity index (χ3v) is 5.85. The summed E-state index contributed by atoms with van der Waals surface area (Å²) in [5.41, 5.74) is 3.83. The molecule has 5 nitrogen and oxygen atoms in total. The quantitative estimate of drug-likeness (QED) is 0.300. The summed E-state index contributed by atoms with van der Waals surface area (Å²) in [5.74, 6) is -1.18. The molecule has 2 aromatic heterocycles. The van der Waals surface area contributed by atoms with E-state index in [4.69, 9.17) is 0 Å². The number of hydrogen-bond donors (Lipinski definition) is 2. The molecule has 8 heteroatoms. The van der Waals surface area contributed by atoms with Gasteiger partial charge in [-0.25, -0.2) is 13.2 Å². The molecule has 0 bridgehead atoms. The fourth-order valence-corrected chi connectivity index (χ4v) is 4.03. The SMILES string of the molecule is Cc1ccn(CCNC=O)n1.Fc1ccc(-c2[nH]c3c(F)cc(F)cc3c2C2CCC2)cc1. The predicted molar refractivity (Wildman–Crippen MR) is 121 cm³/mol. The highest BCUT2D eigenvalue weighted by Gasteiger charge is 2.27. The van der Waals surface area contributed by atoms with Crippen LogP contribution < -0.4 is 5.32 Å². The Labute approximate surface area is 189 Å². The van der Waals surface area contributed by atoms with E-state index in [0.29, 0.717) is 29.8 Å². The van der Waals surface area contributed by atoms with Crippen LogP contribution in [0.4, 0.5) is 13.2 Å². The average Bonchev–Trinajstić information content (AvgIpc) is 3.32. The third-order valence-electron chi connectivity index (χ3n) is 5.85. The monoisotopic (exact) mass is 454 g/mol. The molecule has 0 spiro atoms. The van der Waals surface area contributed by atoms with E-state index in [-0.39, 0.29) is 5.82 Å². The van der Waals surface area contributed by atoms with Gasteiger partial charge in [0.1, 0.15) is 17.5 Å². The van der Waals surface area contributed by atoms with Crippen LogP contribution in [0.25, 0.3) is 22.2 Å². The van der Waals surface area contributed by atoms with E-state index in [0.717, 1.165) is 54.4 Å². The van der Waals surface area contributed by atoms with Crippen LogP contribution in [0.2, 0.25) is 0 Å². The van der Waals surface area contributed by atoms with Crippen molar-refractivity contribution in [3.05, 3.63) is 77.4 Å². The zero-order valence-electron chi connectivity index (χ0n) is 18.2. The molecule has 1 saturated carbocycles. The van der Waals surface area contributed by atoms with Crippen LogP contribution in [0.3, 0.4) is 0 Å². The number of carbonyl (C=O) groups is 1. The lowest BCUT2D eigenvalue weighted by Crippen LogP contribution is -2.18. The number of halogens is 3. The highest BCUT2D eigenvalue weighted by molar-refractivity contribution is 5.92. The molecular formula is C25H25F3N4O. The van der Waals surface area contributed by atoms with Gasteiger partial charge in [-0.3, -0.25) is 9.48 Å². The van der Waals surface area contributed by atoms with Crippen LogP contribution in [-0.2, 0) is 11.3 Å². The van der Waals surface area contributed by atoms with Gasteiger partial charge in [-0.1, -0.05) is 6.42 Å². The number of fused-ring (bicyclic) bond motifs is 1. The van der Waals surface area contributed by atoms with E-state index in [9.17, 15) is 18.0 Å². The van der Waals surface area contributed by atoms with Crippen LogP contribution in [0.1, 0.15) is 36.4 Å². The van der Waals surface area contributed by atoms with E-state index in [1.54, 1.807) is 16.8 Å². The van der Waals surface area contributed by atoms with Crippen LogP contribution in [-0.4, -0.2) is 27.7 Å². The zero-order valence-corrected chi connectivity index (χ0v) is 18.2. The van der Waals surface area contributed by atoms with Crippen molar-refractivity contribution in [2.45, 2.75) is 38.6 Å². The van der Waals surface area contributed by atoms with Gasteiger partial charge in [-0.15, -0.1) is 0 Å². The van der Waals surface area contributed by atoms with Gasteiger partial charge in [0, 0.05) is 24.2 Å². The van der Waals surface area contributed by atoms with Gasteiger partial charge in [0.15, 0.2) is 0 Å². The Morgan fingerprint density at radius 1 is 1.12 bits per heavy atom. The number of nitrogens with one attached hydrogen (secondary N) is 2. The Kier molecular flexibility index (Phi) is 6.82. The number of amides is 1. The topological polar surface area (TPSA) is 62.7 Å². The van der Waals surface area contributed by atoms with Crippen molar-refractivity contribution in [1.29, 1.82) is 0 Å². The molecule has 1 aliphatic carbocycles. The van der Waals surface area contributed by atoms with Crippen molar-refractivity contribution in [3.8, 4) is 11.3 Å². The van der Waals surface area contributed by atoms with E-state index in [1.165, 1.54) is 18.2 Å². The van der Waals surface area contributed by atoms with Crippen LogP contribution >= 0.6 is 0 Å². The van der Waals surface area contributed by atoms with Crippen molar-refractivity contribution in [2.24, 2.45) is 0 Å². The molecule has 4 aromatic rings. The lowest BCUT2D eigenvalue weighted by molar-refractivity contribution is -0.109. The minimum atomic E-state index is -0.594. The molecule has 1 fully saturated rings. The summed E-state index contributed by atoms with van der Waals surface area (Å²) in [6.45, 7) is 3.29. The molecule has 1 amide bonds. The maximum absolute atomic E-state index is 14.1. The Hall–Kier alpha value is -3.55. The average molecular weight is 454 g/mol. The number of rotatable bonds is 6. The number of benzene rings is 2. The molecule has 0 saturated heterocycles. The number of hydrogen-bond acceptors (Lipinski definition) is 2. The lowest BCUT2D eigenvalue weighted by Gasteiger charge is -2.26. The lowest BCUT2D eigenvalue weighted by atomic mass is 9.78. The van der Waals surface area contributed by atoms with Crippen LogP contribution in [0.5, 0.6) is 0 Å². The molecular weight excluding hydrogens is 429 g/mol. The highest BCUT2D eigenvalue weighted by Crippen LogP contribution is 2.45. The summed E-state index contributed by atoms with van der Waals surface area (Å²) in [5, 5.41) is 7.31. The van der Waals surface area contributed by atoms with Crippen molar-refractivity contribution >= 4 is 17.3 Å². The van der Waals surface area contributed by atoms with Crippen LogP contribution in [0, 0.1) is 24.4 Å². The second-order valence-corrected chi connectivity index (χ2v) is 8.15. The second kappa shape index (κ2) is 9.94. The first-order valence-corrected chi connectivity index (χ1v) is 10.9. The maximum atomic E-state index is 14.1. The molecule has 1 aliphatic rings. The van der Waals surface area contributed by atoms with Gasteiger partial charge >= 0.3 is 0 Å². The van der Waals surface area contributed by atoms with Crippen molar-refractivity contribution in [3.63, 3.8) is 0 Å². The summed E-state index contributed by atoms with van der Waals surface area (Å²) >= 11 is 0. The van der Waals surface area contributed by atoms with Crippen molar-refractivity contribution in [2.75, 3.05) is 6.54 Å². The molecule has 0 atom stereocenters. The predicted octanol–water partition coefficient (Wildman–Crippen LogP) is 5.46. The van der Waals surface area contributed by atoms with E-state index >= 15 is 0 Å². The number of aryl methyl sites for hydroxylation is 1. The standard InChI is InChI=1S/C18H14F3N.C7H11N3O/c19-12-6-4-11(5-7-12)17-16(10-2-1-3-10)14-8-13(20)9-15(21)18(14)22-17;1-7-2-4-10(9-7)5-3-8-6-11/h4-10,22H,1-3H2;2,4,6H,3,5H2,1H3,(H,8,11). The first-order valence-electron chi connectivity index (χ1n) is 10.9. The summed E-state index contributed by atoms with van der Waals surface area (Å²) in [4.78, 5) is 12.9. The van der Waals surface area contributed by atoms with E-state index < -0.39 is 11.6 Å². The molecule has 2 heterocycles. The summed E-state index contributed by atoms with van der Waals surface area (Å²) in [6, 6.07) is 10.3. The summed E-state index contributed by atoms with van der Waals surface area (Å²) in [6.07, 6.45) is 5.73. The zero-order chi connectivity index (χ0) is 23.4. The van der Waals surface area contributed by atoms with Gasteiger partial charge in [-0.2, -0.15) is 5.10 Å². The second-order valence-electron chi connectivity index (χ2n) is 8.15. The molecule has 5 rings (SSSR count). The molecule has 2 N–H and O–H groups in total. The largest absolute Gasteiger partial charge is 0.357 e. The Balaban J connectivity index is 0.000000200. The molecule has 0 aliphatic heterocycles. The van der Waals surface area contributed by atoms with Crippen molar-refractivity contribution < 1.29 is 18.0 Å². The molecule has 2 aromatic carbocycles. The number of H-pyrrole nitrogens is 1. The third kappa shape index (κ3) is 5.10. The van der Waals surface area contributed by atoms with Gasteiger partial charge in [0.25, 0.3) is 0 Å². The number of nitrogens with zero attached hydrogens (tertiary/aromatic N) is 2. The van der Waals surface area contributed by atoms with Crippen molar-refractivity contribution in [1.82, 2.24) is 20.1 Å². The smallest absolute Gasteiger partial charge is 0.207 e. The van der Waals surface area contributed by atoms with E-state index in [1.807, 2.05) is 19.2 Å². The van der Waals surface area contributed by atoms with Gasteiger partial charge < -0.3 is 10.3 Å². The number of aromatic amines is 1. The van der Waals surface area contributed by atoms with Crippen LogP contribution in [0.15, 0.2) is 48.7 Å². The Morgan fingerprint density at radius 2 is 1.88 bits per heavy atom. The fourth-order valence-electron chi connectivity index (χ4n) is 4.03. The maximum Gasteiger partial charge on any atom is 0.207 e.